The molecule has 6 nitrogen and oxygen atoms in total. The van der Waals surface area contributed by atoms with E-state index in [1.54, 1.807) is 0 Å². The van der Waals surface area contributed by atoms with E-state index in [1.165, 1.54) is 6.07 Å². The second-order valence-corrected chi connectivity index (χ2v) is 8.10. The first-order chi connectivity index (χ1) is 14.6. The minimum Gasteiger partial charge on any atom is -0.368 e. The monoisotopic (exact) mass is 407 g/mol. The Morgan fingerprint density at radius 3 is 2.37 bits per heavy atom. The smallest absolute Gasteiger partial charge is 0.320 e. The Morgan fingerprint density at radius 1 is 0.933 bits per heavy atom. The molecule has 2 aliphatic rings. The number of likely N-dealkylation sites (tertiary alicyclic amines) is 1. The molecule has 0 saturated carbocycles. The maximum atomic E-state index is 14.7. The van der Waals surface area contributed by atoms with Crippen molar-refractivity contribution in [3.05, 3.63) is 48.3 Å². The van der Waals surface area contributed by atoms with E-state index in [-0.39, 0.29) is 11.8 Å². The van der Waals surface area contributed by atoms with Crippen LogP contribution in [-0.2, 0) is 7.05 Å². The number of urea groups is 1. The van der Waals surface area contributed by atoms with Crippen molar-refractivity contribution in [3.8, 4) is 11.4 Å². The van der Waals surface area contributed by atoms with Crippen LogP contribution in [0, 0.1) is 5.82 Å². The SMILES string of the molecule is Cn1c(-c2cc(N3CCN(C(=O)N4CCCC4)CC3)ccc2F)nc2ccccc21. The van der Waals surface area contributed by atoms with Crippen LogP contribution >= 0.6 is 0 Å². The van der Waals surface area contributed by atoms with E-state index in [1.807, 2.05) is 57.8 Å². The molecule has 0 bridgehead atoms. The van der Waals surface area contributed by atoms with Gasteiger partial charge in [-0.15, -0.1) is 0 Å². The molecule has 2 saturated heterocycles. The molecule has 0 spiro atoms. The summed E-state index contributed by atoms with van der Waals surface area (Å²) in [6.45, 7) is 4.61. The fraction of sp³-hybridized carbons (Fsp3) is 0.391. The average molecular weight is 407 g/mol. The Kier molecular flexibility index (Phi) is 4.81. The number of rotatable bonds is 2. The third kappa shape index (κ3) is 3.28. The van der Waals surface area contributed by atoms with Crippen LogP contribution in [0.25, 0.3) is 22.4 Å². The fourth-order valence-corrected chi connectivity index (χ4v) is 4.53. The van der Waals surface area contributed by atoms with Gasteiger partial charge >= 0.3 is 6.03 Å². The van der Waals surface area contributed by atoms with E-state index in [0.717, 1.165) is 55.7 Å². The van der Waals surface area contributed by atoms with Crippen molar-refractivity contribution in [3.63, 3.8) is 0 Å². The highest BCUT2D eigenvalue weighted by Crippen LogP contribution is 2.30. The summed E-state index contributed by atoms with van der Waals surface area (Å²) < 4.78 is 16.7. The molecule has 1 aromatic heterocycles. The van der Waals surface area contributed by atoms with Crippen LogP contribution in [0.2, 0.25) is 0 Å². The van der Waals surface area contributed by atoms with Gasteiger partial charge in [0, 0.05) is 52.0 Å². The van der Waals surface area contributed by atoms with Crippen LogP contribution in [0.1, 0.15) is 12.8 Å². The number of hydrogen-bond acceptors (Lipinski definition) is 3. The molecule has 2 aliphatic heterocycles. The Morgan fingerprint density at radius 2 is 1.63 bits per heavy atom. The summed E-state index contributed by atoms with van der Waals surface area (Å²) in [5.41, 5.74) is 3.30. The van der Waals surface area contributed by atoms with Crippen molar-refractivity contribution in [2.45, 2.75) is 12.8 Å². The van der Waals surface area contributed by atoms with E-state index in [2.05, 4.69) is 9.88 Å². The van der Waals surface area contributed by atoms with Crippen LogP contribution < -0.4 is 4.90 Å². The lowest BCUT2D eigenvalue weighted by molar-refractivity contribution is 0.159. The average Bonchev–Trinajstić information content (AvgIpc) is 3.43. The number of aryl methyl sites for hydroxylation is 1. The topological polar surface area (TPSA) is 44.6 Å². The fourth-order valence-electron chi connectivity index (χ4n) is 4.53. The number of imidazole rings is 1. The molecule has 5 rings (SSSR count). The number of carbonyl (C=O) groups excluding carboxylic acids is 1. The highest BCUT2D eigenvalue weighted by molar-refractivity contribution is 5.81. The molecular formula is C23H26FN5O. The summed E-state index contributed by atoms with van der Waals surface area (Å²) >= 11 is 0. The minimum absolute atomic E-state index is 0.159. The largest absolute Gasteiger partial charge is 0.368 e. The third-order valence-electron chi connectivity index (χ3n) is 6.27. The van der Waals surface area contributed by atoms with Gasteiger partial charge in [-0.25, -0.2) is 14.2 Å². The minimum atomic E-state index is -0.278. The number of amides is 2. The van der Waals surface area contributed by atoms with Crippen molar-refractivity contribution < 1.29 is 9.18 Å². The molecule has 3 heterocycles. The molecule has 0 unspecified atom stereocenters. The number of nitrogens with zero attached hydrogens (tertiary/aromatic N) is 5. The number of hydrogen-bond donors (Lipinski definition) is 0. The highest BCUT2D eigenvalue weighted by atomic mass is 19.1. The van der Waals surface area contributed by atoms with Crippen molar-refractivity contribution in [2.24, 2.45) is 7.05 Å². The van der Waals surface area contributed by atoms with Crippen molar-refractivity contribution in [1.29, 1.82) is 0 Å². The van der Waals surface area contributed by atoms with Crippen LogP contribution in [0.15, 0.2) is 42.5 Å². The van der Waals surface area contributed by atoms with Crippen LogP contribution in [0.5, 0.6) is 0 Å². The van der Waals surface area contributed by atoms with Gasteiger partial charge < -0.3 is 19.3 Å². The molecule has 0 radical (unpaired) electrons. The number of benzene rings is 2. The first-order valence-electron chi connectivity index (χ1n) is 10.6. The summed E-state index contributed by atoms with van der Waals surface area (Å²) in [6.07, 6.45) is 2.21. The summed E-state index contributed by atoms with van der Waals surface area (Å²) in [4.78, 5) is 23.4. The number of piperazine rings is 1. The van der Waals surface area contributed by atoms with Gasteiger partial charge in [0.25, 0.3) is 0 Å². The third-order valence-corrected chi connectivity index (χ3v) is 6.27. The lowest BCUT2D eigenvalue weighted by atomic mass is 10.1. The number of carbonyl (C=O) groups is 1. The van der Waals surface area contributed by atoms with E-state index in [4.69, 9.17) is 0 Å². The number of halogens is 1. The predicted octanol–water partition coefficient (Wildman–Crippen LogP) is 3.72. The van der Waals surface area contributed by atoms with Gasteiger partial charge in [-0.05, 0) is 43.2 Å². The lowest BCUT2D eigenvalue weighted by Crippen LogP contribution is -2.52. The maximum Gasteiger partial charge on any atom is 0.320 e. The second kappa shape index (κ2) is 7.63. The zero-order valence-electron chi connectivity index (χ0n) is 17.2. The zero-order chi connectivity index (χ0) is 20.7. The number of anilines is 1. The summed E-state index contributed by atoms with van der Waals surface area (Å²) in [5.74, 6) is 0.346. The van der Waals surface area contributed by atoms with E-state index < -0.39 is 0 Å². The summed E-state index contributed by atoms with van der Waals surface area (Å²) in [6, 6.07) is 13.2. The standard InChI is InChI=1S/C23H26FN5O/c1-26-21-7-3-2-6-20(21)25-22(26)18-16-17(8-9-19(18)24)27-12-14-29(15-13-27)23(30)28-10-4-5-11-28/h2-3,6-9,16H,4-5,10-15H2,1H3. The molecular weight excluding hydrogens is 381 g/mol. The molecule has 2 amide bonds. The van der Waals surface area contributed by atoms with Gasteiger partial charge in [-0.2, -0.15) is 0 Å². The maximum absolute atomic E-state index is 14.7. The predicted molar refractivity (Wildman–Crippen MR) is 116 cm³/mol. The van der Waals surface area contributed by atoms with Crippen molar-refractivity contribution in [1.82, 2.24) is 19.4 Å². The van der Waals surface area contributed by atoms with Crippen LogP contribution in [0.3, 0.4) is 0 Å². The molecule has 0 N–H and O–H groups in total. The Labute approximate surface area is 175 Å². The summed E-state index contributed by atoms with van der Waals surface area (Å²) in [5, 5.41) is 0. The van der Waals surface area contributed by atoms with E-state index in [9.17, 15) is 9.18 Å². The number of para-hydroxylation sites is 2. The van der Waals surface area contributed by atoms with Crippen molar-refractivity contribution >= 4 is 22.8 Å². The van der Waals surface area contributed by atoms with E-state index >= 15 is 0 Å². The second-order valence-electron chi connectivity index (χ2n) is 8.10. The first-order valence-corrected chi connectivity index (χ1v) is 10.6. The molecule has 2 fully saturated rings. The molecule has 7 heteroatoms. The first kappa shape index (κ1) is 18.9. The van der Waals surface area contributed by atoms with Gasteiger partial charge in [0.05, 0.1) is 16.6 Å². The van der Waals surface area contributed by atoms with Gasteiger partial charge in [0.1, 0.15) is 11.6 Å². The number of aromatic nitrogens is 2. The van der Waals surface area contributed by atoms with Gasteiger partial charge in [0.15, 0.2) is 0 Å². The molecule has 156 valence electrons. The van der Waals surface area contributed by atoms with E-state index in [0.29, 0.717) is 24.5 Å². The Hall–Kier alpha value is -3.09. The Balaban J connectivity index is 1.36. The van der Waals surface area contributed by atoms with Crippen molar-refractivity contribution in [2.75, 3.05) is 44.2 Å². The Bertz CT molecular complexity index is 1080. The zero-order valence-corrected chi connectivity index (χ0v) is 17.2. The highest BCUT2D eigenvalue weighted by Gasteiger charge is 2.27. The van der Waals surface area contributed by atoms with Crippen LogP contribution in [0.4, 0.5) is 14.9 Å². The van der Waals surface area contributed by atoms with Gasteiger partial charge in [-0.3, -0.25) is 0 Å². The normalized spacial score (nSPS) is 17.2. The van der Waals surface area contributed by atoms with Crippen LogP contribution in [-0.4, -0.2) is 64.7 Å². The lowest BCUT2D eigenvalue weighted by Gasteiger charge is -2.37. The molecule has 0 atom stereocenters. The quantitative estimate of drug-likeness (QED) is 0.650. The summed E-state index contributed by atoms with van der Waals surface area (Å²) in [7, 11) is 1.92. The molecule has 30 heavy (non-hydrogen) atoms. The molecule has 3 aromatic rings. The van der Waals surface area contributed by atoms with Gasteiger partial charge in [0.2, 0.25) is 0 Å². The number of fused-ring (bicyclic) bond motifs is 1. The van der Waals surface area contributed by atoms with Gasteiger partial charge in [-0.1, -0.05) is 12.1 Å². The molecule has 0 aliphatic carbocycles. The molecule has 2 aromatic carbocycles.